The van der Waals surface area contributed by atoms with Gasteiger partial charge < -0.3 is 9.84 Å². The zero-order chi connectivity index (χ0) is 15.5. The highest BCUT2D eigenvalue weighted by molar-refractivity contribution is 6.17. The van der Waals surface area contributed by atoms with Crippen LogP contribution in [0.5, 0.6) is 5.75 Å². The van der Waals surface area contributed by atoms with Crippen molar-refractivity contribution in [3.63, 3.8) is 0 Å². The molecule has 10 heteroatoms. The van der Waals surface area contributed by atoms with Crippen LogP contribution >= 0.6 is 11.6 Å². The standard InChI is InChI=1S/C10H7ClF5NO3/c11-3-5-8(9(12)13)6(20-10(14,15)16)1-4(17-5)2-7(18)19/h1,9H,2-3H2,(H,18,19). The highest BCUT2D eigenvalue weighted by Crippen LogP contribution is 2.36. The smallest absolute Gasteiger partial charge is 0.481 e. The van der Waals surface area contributed by atoms with Crippen molar-refractivity contribution >= 4 is 17.6 Å². The predicted octanol–water partition coefficient (Wildman–Crippen LogP) is 3.28. The SMILES string of the molecule is O=C(O)Cc1cc(OC(F)(F)F)c(C(F)F)c(CCl)n1. The van der Waals surface area contributed by atoms with Crippen molar-refractivity contribution in [2.24, 2.45) is 0 Å². The van der Waals surface area contributed by atoms with Crippen molar-refractivity contribution in [2.75, 3.05) is 0 Å². The Morgan fingerprint density at radius 2 is 2.05 bits per heavy atom. The molecule has 0 aliphatic heterocycles. The van der Waals surface area contributed by atoms with Gasteiger partial charge in [0, 0.05) is 6.07 Å². The van der Waals surface area contributed by atoms with Crippen molar-refractivity contribution < 1.29 is 36.6 Å². The van der Waals surface area contributed by atoms with Crippen molar-refractivity contribution in [1.29, 1.82) is 0 Å². The Morgan fingerprint density at radius 3 is 2.45 bits per heavy atom. The number of halogens is 6. The van der Waals surface area contributed by atoms with Gasteiger partial charge in [-0.05, 0) is 0 Å². The lowest BCUT2D eigenvalue weighted by Crippen LogP contribution is -2.19. The predicted molar refractivity (Wildman–Crippen MR) is 56.8 cm³/mol. The van der Waals surface area contributed by atoms with E-state index in [1.165, 1.54) is 0 Å². The fourth-order valence-corrected chi connectivity index (χ4v) is 1.63. The van der Waals surface area contributed by atoms with Crippen LogP contribution in [0.4, 0.5) is 22.0 Å². The number of alkyl halides is 6. The third kappa shape index (κ3) is 4.48. The molecule has 0 saturated heterocycles. The summed E-state index contributed by atoms with van der Waals surface area (Å²) >= 11 is 5.35. The number of ether oxygens (including phenoxy) is 1. The quantitative estimate of drug-likeness (QED) is 0.668. The van der Waals surface area contributed by atoms with E-state index in [0.29, 0.717) is 6.07 Å². The fraction of sp³-hybridized carbons (Fsp3) is 0.400. The maximum Gasteiger partial charge on any atom is 0.573 e. The summed E-state index contributed by atoms with van der Waals surface area (Å²) in [6.07, 6.45) is -9.25. The van der Waals surface area contributed by atoms with Crippen LogP contribution in [0.3, 0.4) is 0 Å². The molecule has 0 spiro atoms. The second kappa shape index (κ2) is 6.21. The third-order valence-electron chi connectivity index (χ3n) is 2.06. The van der Waals surface area contributed by atoms with Gasteiger partial charge >= 0.3 is 12.3 Å². The molecule has 1 aromatic heterocycles. The Labute approximate surface area is 114 Å². The summed E-state index contributed by atoms with van der Waals surface area (Å²) in [5.74, 6) is -3.20. The molecule has 0 radical (unpaired) electrons. The number of carboxylic acids is 1. The molecule has 0 aliphatic carbocycles. The zero-order valence-corrected chi connectivity index (χ0v) is 10.3. The Morgan fingerprint density at radius 1 is 1.45 bits per heavy atom. The first-order valence-electron chi connectivity index (χ1n) is 4.98. The summed E-state index contributed by atoms with van der Waals surface area (Å²) in [5, 5.41) is 8.55. The summed E-state index contributed by atoms with van der Waals surface area (Å²) < 4.78 is 65.6. The molecule has 20 heavy (non-hydrogen) atoms. The van der Waals surface area contributed by atoms with Crippen molar-refractivity contribution in [3.05, 3.63) is 23.0 Å². The van der Waals surface area contributed by atoms with E-state index in [-0.39, 0.29) is 5.69 Å². The molecule has 0 saturated carbocycles. The summed E-state index contributed by atoms with van der Waals surface area (Å²) in [7, 11) is 0. The number of carbonyl (C=O) groups is 1. The number of hydrogen-bond acceptors (Lipinski definition) is 3. The number of nitrogens with zero attached hydrogens (tertiary/aromatic N) is 1. The monoisotopic (exact) mass is 319 g/mol. The van der Waals surface area contributed by atoms with E-state index in [1.54, 1.807) is 0 Å². The molecular weight excluding hydrogens is 313 g/mol. The zero-order valence-electron chi connectivity index (χ0n) is 9.55. The molecule has 4 nitrogen and oxygen atoms in total. The lowest BCUT2D eigenvalue weighted by Gasteiger charge is -2.16. The molecule has 0 aromatic carbocycles. The van der Waals surface area contributed by atoms with Crippen molar-refractivity contribution in [1.82, 2.24) is 4.98 Å². The third-order valence-corrected chi connectivity index (χ3v) is 2.31. The van der Waals surface area contributed by atoms with Gasteiger partial charge in [0.1, 0.15) is 5.75 Å². The van der Waals surface area contributed by atoms with Gasteiger partial charge in [0.25, 0.3) is 6.43 Å². The molecule has 1 aromatic rings. The lowest BCUT2D eigenvalue weighted by molar-refractivity contribution is -0.275. The maximum atomic E-state index is 12.8. The summed E-state index contributed by atoms with van der Waals surface area (Å²) in [6.45, 7) is 0. The molecule has 112 valence electrons. The molecule has 0 bridgehead atoms. The first-order chi connectivity index (χ1) is 9.14. The number of aromatic nitrogens is 1. The van der Waals surface area contributed by atoms with E-state index >= 15 is 0 Å². The molecule has 1 N–H and O–H groups in total. The first kappa shape index (κ1) is 16.4. The van der Waals surface area contributed by atoms with Gasteiger partial charge in [-0.1, -0.05) is 0 Å². The number of rotatable bonds is 5. The molecule has 0 aliphatic rings. The minimum Gasteiger partial charge on any atom is -0.481 e. The molecule has 0 atom stereocenters. The normalized spacial score (nSPS) is 11.8. The molecule has 0 fully saturated rings. The maximum absolute atomic E-state index is 12.8. The molecule has 1 heterocycles. The van der Waals surface area contributed by atoms with Crippen molar-refractivity contribution in [2.45, 2.75) is 25.1 Å². The second-order valence-electron chi connectivity index (χ2n) is 3.52. The number of carboxylic acid groups (broad SMARTS) is 1. The Balaban J connectivity index is 3.37. The van der Waals surface area contributed by atoms with Gasteiger partial charge in [-0.3, -0.25) is 9.78 Å². The molecule has 1 rings (SSSR count). The summed E-state index contributed by atoms with van der Waals surface area (Å²) in [5.41, 5.74) is -2.03. The minimum absolute atomic E-state index is 0.364. The van der Waals surface area contributed by atoms with E-state index in [9.17, 15) is 26.7 Å². The molecular formula is C10H7ClF5NO3. The number of aliphatic carboxylic acids is 1. The second-order valence-corrected chi connectivity index (χ2v) is 3.79. The van der Waals surface area contributed by atoms with Gasteiger partial charge in [0.15, 0.2) is 0 Å². The summed E-state index contributed by atoms with van der Waals surface area (Å²) in [4.78, 5) is 14.0. The Hall–Kier alpha value is -1.64. The van der Waals surface area contributed by atoms with Gasteiger partial charge in [-0.15, -0.1) is 24.8 Å². The van der Waals surface area contributed by atoms with Crippen LogP contribution in [0.2, 0.25) is 0 Å². The van der Waals surface area contributed by atoms with E-state index in [0.717, 1.165) is 0 Å². The van der Waals surface area contributed by atoms with Crippen LogP contribution in [0.15, 0.2) is 6.07 Å². The van der Waals surface area contributed by atoms with Crippen LogP contribution in [-0.2, 0) is 17.1 Å². The van der Waals surface area contributed by atoms with Gasteiger partial charge in [-0.2, -0.15) is 0 Å². The van der Waals surface area contributed by atoms with E-state index in [2.05, 4.69) is 9.72 Å². The van der Waals surface area contributed by atoms with Crippen LogP contribution < -0.4 is 4.74 Å². The van der Waals surface area contributed by atoms with Crippen LogP contribution in [0, 0.1) is 0 Å². The van der Waals surface area contributed by atoms with Crippen LogP contribution in [0.25, 0.3) is 0 Å². The Kier molecular flexibility index (Phi) is 5.09. The molecule has 0 unspecified atom stereocenters. The first-order valence-corrected chi connectivity index (χ1v) is 5.52. The fourth-order valence-electron chi connectivity index (χ4n) is 1.43. The minimum atomic E-state index is -5.20. The highest BCUT2D eigenvalue weighted by atomic mass is 35.5. The highest BCUT2D eigenvalue weighted by Gasteiger charge is 2.34. The number of pyridine rings is 1. The average molecular weight is 320 g/mol. The van der Waals surface area contributed by atoms with Crippen molar-refractivity contribution in [3.8, 4) is 5.75 Å². The summed E-state index contributed by atoms with van der Waals surface area (Å²) in [6, 6.07) is 0.513. The van der Waals surface area contributed by atoms with E-state index in [1.807, 2.05) is 0 Å². The van der Waals surface area contributed by atoms with Crippen LogP contribution in [-0.4, -0.2) is 22.4 Å². The Bertz CT molecular complexity index is 506. The average Bonchev–Trinajstić information content (AvgIpc) is 2.24. The van der Waals surface area contributed by atoms with Gasteiger partial charge in [0.2, 0.25) is 0 Å². The van der Waals surface area contributed by atoms with E-state index in [4.69, 9.17) is 16.7 Å². The van der Waals surface area contributed by atoms with Gasteiger partial charge in [0.05, 0.1) is 29.3 Å². The molecule has 0 amide bonds. The van der Waals surface area contributed by atoms with Crippen LogP contribution in [0.1, 0.15) is 23.4 Å². The number of hydrogen-bond donors (Lipinski definition) is 1. The lowest BCUT2D eigenvalue weighted by atomic mass is 10.1. The largest absolute Gasteiger partial charge is 0.573 e. The van der Waals surface area contributed by atoms with E-state index < -0.39 is 48.1 Å². The topological polar surface area (TPSA) is 59.4 Å². The van der Waals surface area contributed by atoms with Gasteiger partial charge in [-0.25, -0.2) is 8.78 Å².